The van der Waals surface area contributed by atoms with Crippen molar-refractivity contribution in [3.63, 3.8) is 0 Å². The van der Waals surface area contributed by atoms with Crippen molar-refractivity contribution in [3.05, 3.63) is 28.8 Å². The normalized spacial score (nSPS) is 20.9. The highest BCUT2D eigenvalue weighted by molar-refractivity contribution is 7.91. The predicted octanol–water partition coefficient (Wildman–Crippen LogP) is 2.15. The Morgan fingerprint density at radius 2 is 2.15 bits per heavy atom. The lowest BCUT2D eigenvalue weighted by molar-refractivity contribution is -0.120. The fourth-order valence-electron chi connectivity index (χ4n) is 3.86. The van der Waals surface area contributed by atoms with E-state index in [-0.39, 0.29) is 5.91 Å². The number of thiophene rings is 1. The van der Waals surface area contributed by atoms with Gasteiger partial charge in [-0.2, -0.15) is 9.40 Å². The molecular formula is C17H22N4O3S2. The third-order valence-corrected chi connectivity index (χ3v) is 8.41. The molecule has 9 heteroatoms. The molecule has 0 spiro atoms. The summed E-state index contributed by atoms with van der Waals surface area (Å²) in [6, 6.07) is 2.63. The van der Waals surface area contributed by atoms with Crippen molar-refractivity contribution in [1.82, 2.24) is 14.1 Å². The molecule has 0 aromatic carbocycles. The number of carbonyl (C=O) groups excluding carboxylic acids is 1. The van der Waals surface area contributed by atoms with Crippen LogP contribution in [0.3, 0.4) is 0 Å². The summed E-state index contributed by atoms with van der Waals surface area (Å²) in [5.74, 6) is 0.448. The second kappa shape index (κ2) is 6.79. The lowest BCUT2D eigenvalue weighted by atomic mass is 10.0. The third kappa shape index (κ3) is 2.97. The van der Waals surface area contributed by atoms with Crippen LogP contribution in [0.4, 0.5) is 5.82 Å². The van der Waals surface area contributed by atoms with Gasteiger partial charge < -0.3 is 5.32 Å². The summed E-state index contributed by atoms with van der Waals surface area (Å²) in [6.07, 6.45) is 5.04. The first-order valence-corrected chi connectivity index (χ1v) is 11.2. The first kappa shape index (κ1) is 17.7. The highest BCUT2D eigenvalue weighted by atomic mass is 32.2. The summed E-state index contributed by atoms with van der Waals surface area (Å²) in [5, 5.41) is 9.18. The van der Waals surface area contributed by atoms with Crippen molar-refractivity contribution >= 4 is 33.1 Å². The first-order valence-electron chi connectivity index (χ1n) is 8.89. The lowest BCUT2D eigenvalue weighted by Gasteiger charge is -2.33. The zero-order valence-corrected chi connectivity index (χ0v) is 16.3. The molecule has 3 heterocycles. The van der Waals surface area contributed by atoms with Gasteiger partial charge in [-0.15, -0.1) is 11.3 Å². The lowest BCUT2D eigenvalue weighted by Crippen LogP contribution is -2.49. The van der Waals surface area contributed by atoms with Crippen LogP contribution in [0.5, 0.6) is 0 Å². The Morgan fingerprint density at radius 3 is 2.92 bits per heavy atom. The van der Waals surface area contributed by atoms with Crippen LogP contribution < -0.4 is 5.32 Å². The molecule has 7 nitrogen and oxygen atoms in total. The largest absolute Gasteiger partial charge is 0.309 e. The van der Waals surface area contributed by atoms with Crippen LogP contribution in [-0.4, -0.2) is 41.0 Å². The molecule has 1 atom stereocenters. The molecule has 1 N–H and O–H groups in total. The summed E-state index contributed by atoms with van der Waals surface area (Å²) in [4.78, 5) is 13.0. The van der Waals surface area contributed by atoms with E-state index in [1.165, 1.54) is 15.6 Å². The fourth-order valence-corrected chi connectivity index (χ4v) is 6.63. The Balaban J connectivity index is 1.60. The molecule has 140 valence electrons. The van der Waals surface area contributed by atoms with E-state index >= 15 is 0 Å². The van der Waals surface area contributed by atoms with Gasteiger partial charge >= 0.3 is 0 Å². The number of fused-ring (bicyclic) bond motifs is 1. The number of hydrogen-bond acceptors (Lipinski definition) is 5. The summed E-state index contributed by atoms with van der Waals surface area (Å²) in [6.45, 7) is 0.377. The number of amides is 1. The van der Waals surface area contributed by atoms with E-state index < -0.39 is 16.1 Å². The molecule has 1 aliphatic carbocycles. The quantitative estimate of drug-likeness (QED) is 0.861. The minimum absolute atomic E-state index is 0.262. The van der Waals surface area contributed by atoms with Crippen molar-refractivity contribution in [2.45, 2.75) is 48.8 Å². The smallest absolute Gasteiger partial charge is 0.253 e. The third-order valence-electron chi connectivity index (χ3n) is 5.12. The molecule has 0 saturated carbocycles. The highest BCUT2D eigenvalue weighted by Crippen LogP contribution is 2.31. The van der Waals surface area contributed by atoms with E-state index in [1.807, 2.05) is 7.05 Å². The molecule has 4 rings (SSSR count). The van der Waals surface area contributed by atoms with Gasteiger partial charge in [0.15, 0.2) is 0 Å². The molecule has 0 radical (unpaired) electrons. The maximum Gasteiger partial charge on any atom is 0.253 e. The Bertz CT molecular complexity index is 918. The average molecular weight is 395 g/mol. The van der Waals surface area contributed by atoms with Gasteiger partial charge in [0, 0.05) is 19.2 Å². The standard InChI is InChI=1S/C17H22N4O3S2/c1-20-16(12-6-4-7-13(12)19-20)18-17(22)14-8-2-3-10-21(14)26(23,24)15-9-5-11-25-15/h5,9,11,14H,2-4,6-8,10H2,1H3,(H,18,22). The molecule has 1 fully saturated rings. The Kier molecular flexibility index (Phi) is 4.62. The molecule has 1 amide bonds. The van der Waals surface area contributed by atoms with Crippen LogP contribution in [0.1, 0.15) is 36.9 Å². The van der Waals surface area contributed by atoms with E-state index in [4.69, 9.17) is 0 Å². The number of sulfonamides is 1. The van der Waals surface area contributed by atoms with Gasteiger partial charge in [-0.1, -0.05) is 12.5 Å². The van der Waals surface area contributed by atoms with E-state index in [1.54, 1.807) is 22.2 Å². The molecule has 0 bridgehead atoms. The summed E-state index contributed by atoms with van der Waals surface area (Å²) in [7, 11) is -1.83. The van der Waals surface area contributed by atoms with Crippen molar-refractivity contribution in [2.24, 2.45) is 7.05 Å². The van der Waals surface area contributed by atoms with Gasteiger partial charge in [-0.3, -0.25) is 9.48 Å². The van der Waals surface area contributed by atoms with Crippen molar-refractivity contribution in [2.75, 3.05) is 11.9 Å². The molecule has 26 heavy (non-hydrogen) atoms. The van der Waals surface area contributed by atoms with Crippen LogP contribution in [0.25, 0.3) is 0 Å². The minimum Gasteiger partial charge on any atom is -0.309 e. The molecule has 2 aromatic heterocycles. The average Bonchev–Trinajstić information content (AvgIpc) is 3.35. The number of hydrogen-bond donors (Lipinski definition) is 1. The summed E-state index contributed by atoms with van der Waals surface area (Å²) in [5.41, 5.74) is 2.12. The Labute approximate surface area is 157 Å². The molecule has 1 aliphatic heterocycles. The zero-order chi connectivity index (χ0) is 18.3. The minimum atomic E-state index is -3.64. The fraction of sp³-hybridized carbons (Fsp3) is 0.529. The van der Waals surface area contributed by atoms with E-state index in [0.717, 1.165) is 43.4 Å². The van der Waals surface area contributed by atoms with Gasteiger partial charge in [0.1, 0.15) is 16.1 Å². The number of rotatable bonds is 4. The molecular weight excluding hydrogens is 372 g/mol. The van der Waals surface area contributed by atoms with Gasteiger partial charge in [0.25, 0.3) is 10.0 Å². The number of aryl methyl sites for hydroxylation is 2. The SMILES string of the molecule is Cn1nc2c(c1NC(=O)C1CCCCN1S(=O)(=O)c1cccs1)CCC2. The highest BCUT2D eigenvalue weighted by Gasteiger charge is 2.38. The topological polar surface area (TPSA) is 84.3 Å². The summed E-state index contributed by atoms with van der Waals surface area (Å²) < 4.78 is 29.3. The number of piperidine rings is 1. The maximum atomic E-state index is 13.0. The van der Waals surface area contributed by atoms with Crippen LogP contribution in [0.15, 0.2) is 21.7 Å². The van der Waals surface area contributed by atoms with E-state index in [0.29, 0.717) is 23.0 Å². The number of nitrogens with one attached hydrogen (secondary N) is 1. The van der Waals surface area contributed by atoms with Crippen molar-refractivity contribution < 1.29 is 13.2 Å². The second-order valence-corrected chi connectivity index (χ2v) is 9.86. The van der Waals surface area contributed by atoms with Gasteiger partial charge in [-0.05, 0) is 43.6 Å². The number of anilines is 1. The van der Waals surface area contributed by atoms with Gasteiger partial charge in [0.05, 0.1) is 5.69 Å². The molecule has 2 aromatic rings. The number of aromatic nitrogens is 2. The predicted molar refractivity (Wildman–Crippen MR) is 99.7 cm³/mol. The maximum absolute atomic E-state index is 13.0. The Morgan fingerprint density at radius 1 is 1.31 bits per heavy atom. The Hall–Kier alpha value is -1.71. The van der Waals surface area contributed by atoms with Crippen molar-refractivity contribution in [1.29, 1.82) is 0 Å². The second-order valence-electron chi connectivity index (χ2n) is 6.80. The van der Waals surface area contributed by atoms with Crippen LogP contribution in [-0.2, 0) is 34.7 Å². The van der Waals surface area contributed by atoms with E-state index in [2.05, 4.69) is 10.4 Å². The van der Waals surface area contributed by atoms with Gasteiger partial charge in [-0.25, -0.2) is 8.42 Å². The van der Waals surface area contributed by atoms with E-state index in [9.17, 15) is 13.2 Å². The summed E-state index contributed by atoms with van der Waals surface area (Å²) >= 11 is 1.19. The van der Waals surface area contributed by atoms with Crippen LogP contribution in [0.2, 0.25) is 0 Å². The van der Waals surface area contributed by atoms with Crippen LogP contribution in [0, 0.1) is 0 Å². The van der Waals surface area contributed by atoms with Crippen molar-refractivity contribution in [3.8, 4) is 0 Å². The molecule has 1 saturated heterocycles. The zero-order valence-electron chi connectivity index (χ0n) is 14.6. The first-order chi connectivity index (χ1) is 12.5. The molecule has 2 aliphatic rings. The number of carbonyl (C=O) groups is 1. The number of nitrogens with zero attached hydrogens (tertiary/aromatic N) is 3. The molecule has 1 unspecified atom stereocenters. The van der Waals surface area contributed by atoms with Gasteiger partial charge in [0.2, 0.25) is 5.91 Å². The van der Waals surface area contributed by atoms with Crippen LogP contribution >= 0.6 is 11.3 Å². The monoisotopic (exact) mass is 394 g/mol.